The highest BCUT2D eigenvalue weighted by Gasteiger charge is 2.13. The zero-order chi connectivity index (χ0) is 19.5. The summed E-state index contributed by atoms with van der Waals surface area (Å²) in [6.45, 7) is 3.85. The van der Waals surface area contributed by atoms with Gasteiger partial charge in [0, 0.05) is 43.0 Å². The molecule has 0 saturated carbocycles. The molecule has 1 heterocycles. The van der Waals surface area contributed by atoms with E-state index in [2.05, 4.69) is 25.3 Å². The van der Waals surface area contributed by atoms with Gasteiger partial charge in [-0.2, -0.15) is 0 Å². The molecule has 0 spiro atoms. The van der Waals surface area contributed by atoms with Crippen LogP contribution >= 0.6 is 11.6 Å². The summed E-state index contributed by atoms with van der Waals surface area (Å²) < 4.78 is 27.0. The molecule has 9 heteroatoms. The van der Waals surface area contributed by atoms with Gasteiger partial charge in [-0.1, -0.05) is 23.7 Å². The third kappa shape index (κ3) is 7.54. The molecule has 0 aliphatic carbocycles. The molecule has 0 fully saturated rings. The second-order valence-electron chi connectivity index (χ2n) is 5.61. The van der Waals surface area contributed by atoms with Crippen molar-refractivity contribution in [2.75, 3.05) is 26.2 Å². The van der Waals surface area contributed by atoms with Crippen molar-refractivity contribution in [1.29, 1.82) is 0 Å². The number of guanidine groups is 1. The molecule has 1 aromatic heterocycles. The lowest BCUT2D eigenvalue weighted by molar-refractivity contribution is 0.582. The van der Waals surface area contributed by atoms with Crippen molar-refractivity contribution in [2.45, 2.75) is 18.2 Å². The van der Waals surface area contributed by atoms with E-state index in [4.69, 9.17) is 11.6 Å². The summed E-state index contributed by atoms with van der Waals surface area (Å²) in [5, 5.41) is 6.72. The van der Waals surface area contributed by atoms with Crippen molar-refractivity contribution in [1.82, 2.24) is 20.3 Å². The molecule has 0 saturated heterocycles. The Morgan fingerprint density at radius 1 is 1.15 bits per heavy atom. The van der Waals surface area contributed by atoms with Crippen molar-refractivity contribution in [3.05, 3.63) is 59.4 Å². The van der Waals surface area contributed by atoms with E-state index in [-0.39, 0.29) is 11.4 Å². The molecular weight excluding hydrogens is 386 g/mol. The minimum absolute atomic E-state index is 0.138. The molecular formula is C18H24ClN5O2S. The molecule has 1 aromatic carbocycles. The predicted molar refractivity (Wildman–Crippen MR) is 109 cm³/mol. The van der Waals surface area contributed by atoms with Crippen LogP contribution in [0.1, 0.15) is 12.6 Å². The van der Waals surface area contributed by atoms with E-state index in [0.29, 0.717) is 30.6 Å². The first kappa shape index (κ1) is 21.1. The zero-order valence-electron chi connectivity index (χ0n) is 15.2. The van der Waals surface area contributed by atoms with E-state index < -0.39 is 10.0 Å². The Balaban J connectivity index is 1.82. The number of nitrogens with zero attached hydrogens (tertiary/aromatic N) is 2. The number of pyridine rings is 1. The van der Waals surface area contributed by atoms with E-state index in [9.17, 15) is 8.42 Å². The Hall–Kier alpha value is -2.16. The molecule has 0 bridgehead atoms. The molecule has 146 valence electrons. The topological polar surface area (TPSA) is 95.5 Å². The number of halogens is 1. The average Bonchev–Trinajstić information content (AvgIpc) is 2.66. The third-order valence-corrected chi connectivity index (χ3v) is 5.22. The maximum Gasteiger partial charge on any atom is 0.240 e. The third-order valence-electron chi connectivity index (χ3n) is 3.52. The number of benzene rings is 1. The number of aromatic nitrogens is 1. The van der Waals surface area contributed by atoms with Gasteiger partial charge in [0.05, 0.1) is 11.4 Å². The lowest BCUT2D eigenvalue weighted by atomic mass is 10.3. The standard InChI is InChI=1S/C18H24ClN5O2S/c1-2-20-18(22-11-9-16-7-3-4-10-21-16)23-12-13-24-27(25,26)17-8-5-6-15(19)14-17/h3-8,10,14,24H,2,9,11-13H2,1H3,(H2,20,22,23). The van der Waals surface area contributed by atoms with Crippen LogP contribution in [0.25, 0.3) is 0 Å². The number of hydrogen-bond donors (Lipinski definition) is 3. The number of nitrogens with one attached hydrogen (secondary N) is 3. The molecule has 3 N–H and O–H groups in total. The molecule has 0 amide bonds. The highest BCUT2D eigenvalue weighted by Crippen LogP contribution is 2.14. The maximum atomic E-state index is 12.2. The van der Waals surface area contributed by atoms with E-state index in [1.807, 2.05) is 25.1 Å². The summed E-state index contributed by atoms with van der Waals surface area (Å²) in [7, 11) is -3.60. The fourth-order valence-corrected chi connectivity index (χ4v) is 3.58. The Kier molecular flexibility index (Phi) is 8.50. The van der Waals surface area contributed by atoms with Crippen LogP contribution in [0, 0.1) is 0 Å². The lowest BCUT2D eigenvalue weighted by Gasteiger charge is -2.11. The van der Waals surface area contributed by atoms with E-state index in [1.54, 1.807) is 18.3 Å². The predicted octanol–water partition coefficient (Wildman–Crippen LogP) is 1.81. The first-order chi connectivity index (χ1) is 13.0. The fraction of sp³-hybridized carbons (Fsp3) is 0.333. The summed E-state index contributed by atoms with van der Waals surface area (Å²) in [6.07, 6.45) is 2.54. The molecule has 0 unspecified atom stereocenters. The van der Waals surface area contributed by atoms with Crippen LogP contribution in [0.5, 0.6) is 0 Å². The van der Waals surface area contributed by atoms with E-state index >= 15 is 0 Å². The molecule has 0 atom stereocenters. The van der Waals surface area contributed by atoms with Crippen LogP contribution < -0.4 is 15.4 Å². The summed E-state index contributed by atoms with van der Waals surface area (Å²) in [5.41, 5.74) is 0.995. The fourth-order valence-electron chi connectivity index (χ4n) is 2.26. The average molecular weight is 410 g/mol. The molecule has 27 heavy (non-hydrogen) atoms. The van der Waals surface area contributed by atoms with Gasteiger partial charge in [0.25, 0.3) is 0 Å². The largest absolute Gasteiger partial charge is 0.357 e. The van der Waals surface area contributed by atoms with Gasteiger partial charge in [-0.3, -0.25) is 9.98 Å². The summed E-state index contributed by atoms with van der Waals surface area (Å²) in [6, 6.07) is 11.9. The molecule has 2 rings (SSSR count). The number of hydrogen-bond acceptors (Lipinski definition) is 4. The van der Waals surface area contributed by atoms with Crippen molar-refractivity contribution < 1.29 is 8.42 Å². The first-order valence-corrected chi connectivity index (χ1v) is 10.5. The van der Waals surface area contributed by atoms with Gasteiger partial charge in [0.1, 0.15) is 0 Å². The highest BCUT2D eigenvalue weighted by molar-refractivity contribution is 7.89. The molecule has 0 aliphatic heterocycles. The quantitative estimate of drug-likeness (QED) is 0.333. The normalized spacial score (nSPS) is 12.0. The molecule has 2 aromatic rings. The minimum atomic E-state index is -3.60. The maximum absolute atomic E-state index is 12.2. The van der Waals surface area contributed by atoms with Gasteiger partial charge in [-0.25, -0.2) is 13.1 Å². The summed E-state index contributed by atoms with van der Waals surface area (Å²) in [4.78, 5) is 8.79. The van der Waals surface area contributed by atoms with Gasteiger partial charge in [0.2, 0.25) is 10.0 Å². The van der Waals surface area contributed by atoms with E-state index in [1.165, 1.54) is 12.1 Å². The minimum Gasteiger partial charge on any atom is -0.357 e. The molecule has 7 nitrogen and oxygen atoms in total. The second-order valence-corrected chi connectivity index (χ2v) is 7.82. The van der Waals surface area contributed by atoms with Crippen LogP contribution in [-0.4, -0.2) is 45.5 Å². The van der Waals surface area contributed by atoms with Gasteiger partial charge in [-0.05, 0) is 37.3 Å². The van der Waals surface area contributed by atoms with Gasteiger partial charge in [0.15, 0.2) is 5.96 Å². The van der Waals surface area contributed by atoms with Crippen LogP contribution in [0.3, 0.4) is 0 Å². The van der Waals surface area contributed by atoms with Crippen LogP contribution in [0.2, 0.25) is 5.02 Å². The Labute approximate surface area is 165 Å². The highest BCUT2D eigenvalue weighted by atomic mass is 35.5. The molecule has 0 aliphatic rings. The van der Waals surface area contributed by atoms with Crippen molar-refractivity contribution in [3.8, 4) is 0 Å². The molecule has 0 radical (unpaired) electrons. The second kappa shape index (κ2) is 10.9. The Bertz CT molecular complexity index is 844. The van der Waals surface area contributed by atoms with Gasteiger partial charge < -0.3 is 10.6 Å². The Morgan fingerprint density at radius 2 is 2.00 bits per heavy atom. The van der Waals surface area contributed by atoms with Crippen molar-refractivity contribution in [3.63, 3.8) is 0 Å². The lowest BCUT2D eigenvalue weighted by Crippen LogP contribution is -2.39. The summed E-state index contributed by atoms with van der Waals surface area (Å²) in [5.74, 6) is 0.635. The number of rotatable bonds is 9. The number of sulfonamides is 1. The monoisotopic (exact) mass is 409 g/mol. The zero-order valence-corrected chi connectivity index (χ0v) is 16.7. The van der Waals surface area contributed by atoms with Crippen LogP contribution in [-0.2, 0) is 16.4 Å². The summed E-state index contributed by atoms with van der Waals surface area (Å²) >= 11 is 5.85. The van der Waals surface area contributed by atoms with Crippen molar-refractivity contribution >= 4 is 27.6 Å². The first-order valence-electron chi connectivity index (χ1n) is 8.68. The SMILES string of the molecule is CCNC(=NCCNS(=O)(=O)c1cccc(Cl)c1)NCCc1ccccn1. The van der Waals surface area contributed by atoms with Crippen LogP contribution in [0.4, 0.5) is 0 Å². The van der Waals surface area contributed by atoms with Crippen LogP contribution in [0.15, 0.2) is 58.5 Å². The smallest absolute Gasteiger partial charge is 0.240 e. The van der Waals surface area contributed by atoms with Crippen molar-refractivity contribution in [2.24, 2.45) is 4.99 Å². The van der Waals surface area contributed by atoms with Gasteiger partial charge >= 0.3 is 0 Å². The number of aliphatic imine (C=N–C) groups is 1. The van der Waals surface area contributed by atoms with E-state index in [0.717, 1.165) is 12.1 Å². The van der Waals surface area contributed by atoms with Gasteiger partial charge in [-0.15, -0.1) is 0 Å². The Morgan fingerprint density at radius 3 is 2.70 bits per heavy atom.